The van der Waals surface area contributed by atoms with E-state index in [2.05, 4.69) is 25.3 Å². The van der Waals surface area contributed by atoms with Gasteiger partial charge in [0, 0.05) is 44.2 Å². The van der Waals surface area contributed by atoms with Gasteiger partial charge in [0.05, 0.1) is 27.5 Å². The molecule has 4 heterocycles. The first kappa shape index (κ1) is 18.5. The highest BCUT2D eigenvalue weighted by Crippen LogP contribution is 2.29. The maximum atomic E-state index is 12.2. The lowest BCUT2D eigenvalue weighted by molar-refractivity contribution is -0.121. The fraction of sp³-hybridized carbons (Fsp3) is 0.421. The number of aromatic nitrogens is 4. The van der Waals surface area contributed by atoms with E-state index in [9.17, 15) is 4.79 Å². The Morgan fingerprint density at radius 1 is 1.32 bits per heavy atom. The van der Waals surface area contributed by atoms with Gasteiger partial charge in [0.15, 0.2) is 0 Å². The largest absolute Gasteiger partial charge is 0.361 e. The van der Waals surface area contributed by atoms with Crippen LogP contribution in [0.4, 0.5) is 5.95 Å². The van der Waals surface area contributed by atoms with Crippen molar-refractivity contribution in [3.63, 3.8) is 0 Å². The van der Waals surface area contributed by atoms with Crippen molar-refractivity contribution in [2.24, 2.45) is 0 Å². The van der Waals surface area contributed by atoms with Gasteiger partial charge in [0.1, 0.15) is 5.76 Å². The molecule has 0 aliphatic carbocycles. The van der Waals surface area contributed by atoms with Crippen LogP contribution in [0.1, 0.15) is 29.3 Å². The molecule has 1 aliphatic rings. The molecule has 1 amide bonds. The van der Waals surface area contributed by atoms with E-state index in [0.717, 1.165) is 40.0 Å². The number of aryl methyl sites for hydroxylation is 3. The first-order valence-corrected chi connectivity index (χ1v) is 10.1. The van der Waals surface area contributed by atoms with Gasteiger partial charge in [-0.2, -0.15) is 0 Å². The fourth-order valence-corrected chi connectivity index (χ4v) is 4.25. The van der Waals surface area contributed by atoms with Crippen molar-refractivity contribution in [3.8, 4) is 10.6 Å². The number of carbonyl (C=O) groups excluding carboxylic acids is 1. The monoisotopic (exact) mass is 398 g/mol. The summed E-state index contributed by atoms with van der Waals surface area (Å²) < 4.78 is 5.03. The summed E-state index contributed by atoms with van der Waals surface area (Å²) in [7, 11) is 0. The maximum Gasteiger partial charge on any atom is 0.225 e. The number of rotatable bonds is 6. The summed E-state index contributed by atoms with van der Waals surface area (Å²) in [5.74, 6) is 1.44. The molecule has 1 aliphatic heterocycles. The van der Waals surface area contributed by atoms with Crippen LogP contribution in [0.15, 0.2) is 29.0 Å². The molecule has 146 valence electrons. The lowest BCUT2D eigenvalue weighted by Crippen LogP contribution is -2.37. The predicted octanol–water partition coefficient (Wildman–Crippen LogP) is 2.53. The van der Waals surface area contributed by atoms with E-state index in [1.807, 2.05) is 19.9 Å². The zero-order valence-corrected chi connectivity index (χ0v) is 16.7. The van der Waals surface area contributed by atoms with Gasteiger partial charge in [0.25, 0.3) is 0 Å². The molecule has 28 heavy (non-hydrogen) atoms. The number of hydrogen-bond donors (Lipinski definition) is 1. The first-order chi connectivity index (χ1) is 13.6. The highest BCUT2D eigenvalue weighted by Gasteiger charge is 2.26. The molecular weight excluding hydrogens is 376 g/mol. The Hall–Kier alpha value is -2.81. The Balaban J connectivity index is 1.35. The summed E-state index contributed by atoms with van der Waals surface area (Å²) in [4.78, 5) is 29.0. The second-order valence-corrected chi connectivity index (χ2v) is 8.07. The number of thiazole rings is 1. The summed E-state index contributed by atoms with van der Waals surface area (Å²) in [6, 6.07) is 3.80. The van der Waals surface area contributed by atoms with Crippen LogP contribution in [0.25, 0.3) is 10.6 Å². The molecule has 9 heteroatoms. The second-order valence-electron chi connectivity index (χ2n) is 6.87. The molecule has 8 nitrogen and oxygen atoms in total. The van der Waals surface area contributed by atoms with Gasteiger partial charge >= 0.3 is 0 Å². The number of nitrogens with zero attached hydrogens (tertiary/aromatic N) is 5. The molecule has 1 saturated heterocycles. The van der Waals surface area contributed by atoms with E-state index in [1.165, 1.54) is 0 Å². The smallest absolute Gasteiger partial charge is 0.225 e. The van der Waals surface area contributed by atoms with E-state index in [0.29, 0.717) is 25.3 Å². The minimum absolute atomic E-state index is 0.0219. The Morgan fingerprint density at radius 3 is 2.96 bits per heavy atom. The van der Waals surface area contributed by atoms with Crippen LogP contribution in [0.5, 0.6) is 0 Å². The number of hydrogen-bond acceptors (Lipinski definition) is 8. The average molecular weight is 398 g/mol. The van der Waals surface area contributed by atoms with Gasteiger partial charge in [-0.25, -0.2) is 15.0 Å². The third-order valence-electron chi connectivity index (χ3n) is 4.70. The molecule has 3 aromatic heterocycles. The van der Waals surface area contributed by atoms with Gasteiger partial charge in [-0.1, -0.05) is 5.16 Å². The van der Waals surface area contributed by atoms with Crippen molar-refractivity contribution in [2.45, 2.75) is 39.2 Å². The predicted molar refractivity (Wildman–Crippen MR) is 106 cm³/mol. The third kappa shape index (κ3) is 4.19. The molecule has 1 unspecified atom stereocenters. The standard InChI is InChI=1S/C19H22N6O2S/c1-12-18(28-13(2)22-12)16-6-8-20-19(24-16)25-10-7-14(11-25)23-17(26)4-3-15-5-9-21-27-15/h5-6,8-9,14H,3-4,7,10-11H2,1-2H3,(H,23,26). The van der Waals surface area contributed by atoms with Gasteiger partial charge in [-0.15, -0.1) is 11.3 Å². The zero-order chi connectivity index (χ0) is 19.5. The van der Waals surface area contributed by atoms with Crippen LogP contribution in [-0.2, 0) is 11.2 Å². The summed E-state index contributed by atoms with van der Waals surface area (Å²) in [6.45, 7) is 5.52. The normalized spacial score (nSPS) is 16.5. The van der Waals surface area contributed by atoms with E-state index in [-0.39, 0.29) is 11.9 Å². The summed E-state index contributed by atoms with van der Waals surface area (Å²) in [6.07, 6.45) is 5.20. The van der Waals surface area contributed by atoms with Crippen LogP contribution < -0.4 is 10.2 Å². The van der Waals surface area contributed by atoms with Crippen molar-refractivity contribution in [1.82, 2.24) is 25.4 Å². The van der Waals surface area contributed by atoms with E-state index >= 15 is 0 Å². The Bertz CT molecular complexity index is 955. The molecule has 3 aromatic rings. The Morgan fingerprint density at radius 2 is 2.21 bits per heavy atom. The van der Waals surface area contributed by atoms with Gasteiger partial charge in [0.2, 0.25) is 11.9 Å². The van der Waals surface area contributed by atoms with Crippen molar-refractivity contribution < 1.29 is 9.32 Å². The van der Waals surface area contributed by atoms with Gasteiger partial charge in [-0.05, 0) is 26.3 Å². The number of carbonyl (C=O) groups is 1. The van der Waals surface area contributed by atoms with Gasteiger partial charge in [-0.3, -0.25) is 4.79 Å². The first-order valence-electron chi connectivity index (χ1n) is 9.30. The quantitative estimate of drug-likeness (QED) is 0.681. The molecule has 0 aromatic carbocycles. The molecule has 0 radical (unpaired) electrons. The molecule has 4 rings (SSSR count). The summed E-state index contributed by atoms with van der Waals surface area (Å²) >= 11 is 1.64. The van der Waals surface area contributed by atoms with Crippen molar-refractivity contribution >= 4 is 23.2 Å². The molecule has 1 atom stereocenters. The minimum atomic E-state index is 0.0219. The molecule has 0 spiro atoms. The molecule has 0 saturated carbocycles. The highest BCUT2D eigenvalue weighted by atomic mass is 32.1. The minimum Gasteiger partial charge on any atom is -0.361 e. The average Bonchev–Trinajstić information content (AvgIpc) is 3.42. The Kier molecular flexibility index (Phi) is 5.34. The molecule has 1 fully saturated rings. The van der Waals surface area contributed by atoms with Crippen LogP contribution >= 0.6 is 11.3 Å². The van der Waals surface area contributed by atoms with E-state index in [1.54, 1.807) is 29.8 Å². The lowest BCUT2D eigenvalue weighted by Gasteiger charge is -2.17. The van der Waals surface area contributed by atoms with E-state index in [4.69, 9.17) is 9.51 Å². The van der Waals surface area contributed by atoms with Crippen molar-refractivity contribution in [2.75, 3.05) is 18.0 Å². The SMILES string of the molecule is Cc1nc(C)c(-c2ccnc(N3CCC(NC(=O)CCc4ccno4)C3)n2)s1. The molecule has 1 N–H and O–H groups in total. The topological polar surface area (TPSA) is 97.0 Å². The zero-order valence-electron chi connectivity index (χ0n) is 15.9. The van der Waals surface area contributed by atoms with E-state index < -0.39 is 0 Å². The fourth-order valence-electron chi connectivity index (χ4n) is 3.36. The van der Waals surface area contributed by atoms with Crippen molar-refractivity contribution in [3.05, 3.63) is 41.0 Å². The number of anilines is 1. The highest BCUT2D eigenvalue weighted by molar-refractivity contribution is 7.15. The third-order valence-corrected chi connectivity index (χ3v) is 5.80. The maximum absolute atomic E-state index is 12.2. The number of amides is 1. The lowest BCUT2D eigenvalue weighted by atomic mass is 10.2. The molecule has 0 bridgehead atoms. The molecular formula is C19H22N6O2S. The van der Waals surface area contributed by atoms with Crippen LogP contribution in [0, 0.1) is 13.8 Å². The second kappa shape index (κ2) is 8.05. The van der Waals surface area contributed by atoms with Gasteiger partial charge < -0.3 is 14.7 Å². The summed E-state index contributed by atoms with van der Waals surface area (Å²) in [5.41, 5.74) is 1.89. The van der Waals surface area contributed by atoms with Crippen molar-refractivity contribution in [1.29, 1.82) is 0 Å². The Labute approximate surface area is 167 Å². The summed E-state index contributed by atoms with van der Waals surface area (Å²) in [5, 5.41) is 7.78. The van der Waals surface area contributed by atoms with Crippen LogP contribution in [0.2, 0.25) is 0 Å². The van der Waals surface area contributed by atoms with Crippen LogP contribution in [-0.4, -0.2) is 45.1 Å². The number of nitrogens with one attached hydrogen (secondary N) is 1. The van der Waals surface area contributed by atoms with Crippen LogP contribution in [0.3, 0.4) is 0 Å².